The molecule has 166 valence electrons. The van der Waals surface area contributed by atoms with Crippen molar-refractivity contribution in [3.05, 3.63) is 75.7 Å². The monoisotopic (exact) mass is 515 g/mol. The van der Waals surface area contributed by atoms with Gasteiger partial charge in [-0.1, -0.05) is 18.2 Å². The second kappa shape index (κ2) is 11.0. The zero-order valence-electron chi connectivity index (χ0n) is 17.8. The molecule has 2 N–H and O–H groups in total. The summed E-state index contributed by atoms with van der Waals surface area (Å²) in [6.07, 6.45) is 1.44. The summed E-state index contributed by atoms with van der Waals surface area (Å²) in [7, 11) is 1.45. The Kier molecular flexibility index (Phi) is 8.13. The van der Waals surface area contributed by atoms with Crippen LogP contribution in [-0.2, 0) is 5.75 Å². The van der Waals surface area contributed by atoms with Crippen molar-refractivity contribution >= 4 is 50.5 Å². The van der Waals surface area contributed by atoms with Crippen molar-refractivity contribution in [1.82, 2.24) is 5.43 Å². The zero-order chi connectivity index (χ0) is 23.1. The first-order chi connectivity index (χ1) is 15.4. The van der Waals surface area contributed by atoms with Gasteiger partial charge in [0.1, 0.15) is 5.76 Å². The lowest BCUT2D eigenvalue weighted by Crippen LogP contribution is -2.16. The van der Waals surface area contributed by atoms with Crippen LogP contribution >= 0.6 is 27.7 Å². The van der Waals surface area contributed by atoms with Crippen LogP contribution in [0.15, 0.2) is 67.5 Å². The number of halogens is 1. The second-order valence-corrected chi connectivity index (χ2v) is 8.75. The van der Waals surface area contributed by atoms with E-state index in [0.29, 0.717) is 27.3 Å². The number of hydrazone groups is 1. The number of aliphatic imine (C=N–C) groups is 1. The van der Waals surface area contributed by atoms with Crippen molar-refractivity contribution in [3.63, 3.8) is 0 Å². The number of aromatic hydroxyl groups is 1. The number of thioether (sulfide) groups is 1. The van der Waals surface area contributed by atoms with Gasteiger partial charge in [0.15, 0.2) is 17.3 Å². The maximum absolute atomic E-state index is 12.3. The first-order valence-corrected chi connectivity index (χ1v) is 11.4. The Morgan fingerprint density at radius 2 is 2.06 bits per heavy atom. The third-order valence-electron chi connectivity index (χ3n) is 4.35. The van der Waals surface area contributed by atoms with Crippen LogP contribution in [-0.4, -0.2) is 29.4 Å². The molecule has 0 unspecified atom stereocenters. The maximum atomic E-state index is 12.3. The van der Waals surface area contributed by atoms with Gasteiger partial charge in [-0.05, 0) is 71.2 Å². The predicted octanol–water partition coefficient (Wildman–Crippen LogP) is 5.81. The van der Waals surface area contributed by atoms with E-state index in [-0.39, 0.29) is 11.5 Å². The number of rotatable bonds is 7. The molecule has 1 aromatic heterocycles. The molecule has 3 rings (SSSR count). The highest BCUT2D eigenvalue weighted by molar-refractivity contribution is 9.10. The van der Waals surface area contributed by atoms with Crippen molar-refractivity contribution in [2.75, 3.05) is 7.11 Å². The first-order valence-electron chi connectivity index (χ1n) is 9.59. The molecule has 0 aliphatic carbocycles. The highest BCUT2D eigenvalue weighted by Gasteiger charge is 2.11. The van der Waals surface area contributed by atoms with E-state index < -0.39 is 5.91 Å². The average Bonchev–Trinajstić information content (AvgIpc) is 3.25. The minimum absolute atomic E-state index is 0.00569. The Bertz CT molecular complexity index is 1170. The van der Waals surface area contributed by atoms with Crippen LogP contribution in [0.3, 0.4) is 0 Å². The fraction of sp³-hybridized carbons (Fsp3) is 0.174. The summed E-state index contributed by atoms with van der Waals surface area (Å²) in [6.45, 7) is 3.97. The highest BCUT2D eigenvalue weighted by Crippen LogP contribution is 2.34. The summed E-state index contributed by atoms with van der Waals surface area (Å²) >= 11 is 4.78. The van der Waals surface area contributed by atoms with E-state index in [1.807, 2.05) is 38.1 Å². The normalized spacial score (nSPS) is 11.7. The van der Waals surface area contributed by atoms with Gasteiger partial charge in [0.2, 0.25) is 0 Å². The molecule has 0 spiro atoms. The van der Waals surface area contributed by atoms with E-state index in [0.717, 1.165) is 16.3 Å². The number of nitrogens with zero attached hydrogens (tertiary/aromatic N) is 2. The molecule has 0 aliphatic heterocycles. The number of carbonyl (C=O) groups is 1. The van der Waals surface area contributed by atoms with Gasteiger partial charge in [0.05, 0.1) is 34.3 Å². The summed E-state index contributed by atoms with van der Waals surface area (Å²) in [5.74, 6) is 1.20. The number of carbonyl (C=O) groups excluding carboxylic acids is 1. The van der Waals surface area contributed by atoms with Crippen LogP contribution in [0.4, 0.5) is 5.69 Å². The molecule has 9 heteroatoms. The van der Waals surface area contributed by atoms with Crippen molar-refractivity contribution in [3.8, 4) is 11.5 Å². The predicted molar refractivity (Wildman–Crippen MR) is 131 cm³/mol. The van der Waals surface area contributed by atoms with E-state index in [4.69, 9.17) is 9.15 Å². The number of benzene rings is 2. The number of hydrogen-bond acceptors (Lipinski definition) is 7. The number of hydrogen-bond donors (Lipinski definition) is 2. The SMILES string of the molecule is COc1cc(/C=N/NC(=O)c2ccc(CSC(C)=Nc3ccccc3C)o2)cc(Br)c1O. The van der Waals surface area contributed by atoms with Gasteiger partial charge in [-0.15, -0.1) is 11.8 Å². The lowest BCUT2D eigenvalue weighted by molar-refractivity contribution is 0.0926. The summed E-state index contributed by atoms with van der Waals surface area (Å²) in [5.41, 5.74) is 5.11. The molecule has 7 nitrogen and oxygen atoms in total. The number of furan rings is 1. The summed E-state index contributed by atoms with van der Waals surface area (Å²) in [6, 6.07) is 14.5. The number of phenols is 1. The molecule has 0 radical (unpaired) electrons. The smallest absolute Gasteiger partial charge is 0.307 e. The van der Waals surface area contributed by atoms with Gasteiger partial charge in [-0.3, -0.25) is 4.79 Å². The minimum Gasteiger partial charge on any atom is -0.503 e. The molecule has 0 aliphatic rings. The van der Waals surface area contributed by atoms with Crippen molar-refractivity contribution in [1.29, 1.82) is 0 Å². The standard InChI is InChI=1S/C23H22BrN3O4S/c1-14-6-4-5-7-19(14)26-15(2)32-13-17-8-9-20(31-17)23(29)27-25-12-16-10-18(24)22(28)21(11-16)30-3/h4-12,28H,13H2,1-3H3,(H,27,29)/b25-12+,26-15?. The summed E-state index contributed by atoms with van der Waals surface area (Å²) in [4.78, 5) is 16.9. The molecule has 3 aromatic rings. The van der Waals surface area contributed by atoms with E-state index in [9.17, 15) is 9.90 Å². The molecule has 1 amide bonds. The molecule has 0 atom stereocenters. The van der Waals surface area contributed by atoms with Crippen LogP contribution in [0.1, 0.15) is 34.4 Å². The van der Waals surface area contributed by atoms with Gasteiger partial charge in [-0.2, -0.15) is 5.10 Å². The largest absolute Gasteiger partial charge is 0.503 e. The van der Waals surface area contributed by atoms with Gasteiger partial charge in [-0.25, -0.2) is 10.4 Å². The van der Waals surface area contributed by atoms with Crippen LogP contribution in [0.25, 0.3) is 0 Å². The van der Waals surface area contributed by atoms with Crippen molar-refractivity contribution in [2.45, 2.75) is 19.6 Å². The quantitative estimate of drug-likeness (QED) is 0.235. The molecule has 0 saturated carbocycles. The third kappa shape index (κ3) is 6.24. The lowest BCUT2D eigenvalue weighted by Gasteiger charge is -2.06. The molecule has 32 heavy (non-hydrogen) atoms. The van der Waals surface area contributed by atoms with E-state index in [2.05, 4.69) is 31.4 Å². The molecular weight excluding hydrogens is 494 g/mol. The fourth-order valence-electron chi connectivity index (χ4n) is 2.69. The Hall–Kier alpha value is -3.04. The fourth-order valence-corrected chi connectivity index (χ4v) is 3.82. The second-order valence-electron chi connectivity index (χ2n) is 6.72. The van der Waals surface area contributed by atoms with Crippen LogP contribution in [0.2, 0.25) is 0 Å². The Labute approximate surface area is 198 Å². The summed E-state index contributed by atoms with van der Waals surface area (Å²) < 4.78 is 11.2. The van der Waals surface area contributed by atoms with Crippen LogP contribution in [0.5, 0.6) is 11.5 Å². The topological polar surface area (TPSA) is 96.4 Å². The molecule has 2 aromatic carbocycles. The van der Waals surface area contributed by atoms with Gasteiger partial charge < -0.3 is 14.3 Å². The molecule has 0 fully saturated rings. The van der Waals surface area contributed by atoms with E-state index in [1.54, 1.807) is 24.3 Å². The van der Waals surface area contributed by atoms with Crippen LogP contribution < -0.4 is 10.2 Å². The van der Waals surface area contributed by atoms with E-state index >= 15 is 0 Å². The molecular formula is C23H22BrN3O4S. The minimum atomic E-state index is -0.465. The first kappa shape index (κ1) is 23.6. The number of amides is 1. The Morgan fingerprint density at radius 3 is 2.81 bits per heavy atom. The number of ether oxygens (including phenoxy) is 1. The summed E-state index contributed by atoms with van der Waals surface area (Å²) in [5, 5.41) is 14.7. The maximum Gasteiger partial charge on any atom is 0.307 e. The lowest BCUT2D eigenvalue weighted by atomic mass is 10.2. The average molecular weight is 516 g/mol. The number of methoxy groups -OCH3 is 1. The van der Waals surface area contributed by atoms with Crippen LogP contribution in [0, 0.1) is 6.92 Å². The Balaban J connectivity index is 1.56. The molecule has 1 heterocycles. The molecule has 0 saturated heterocycles. The number of para-hydroxylation sites is 1. The number of aryl methyl sites for hydroxylation is 1. The van der Waals surface area contributed by atoms with Gasteiger partial charge in [0, 0.05) is 0 Å². The number of phenolic OH excluding ortho intramolecular Hbond substituents is 1. The number of nitrogens with one attached hydrogen (secondary N) is 1. The van der Waals surface area contributed by atoms with E-state index in [1.165, 1.54) is 25.1 Å². The molecule has 0 bridgehead atoms. The zero-order valence-corrected chi connectivity index (χ0v) is 20.2. The van der Waals surface area contributed by atoms with Crippen molar-refractivity contribution in [2.24, 2.45) is 10.1 Å². The van der Waals surface area contributed by atoms with Gasteiger partial charge >= 0.3 is 5.91 Å². The Morgan fingerprint density at radius 1 is 1.28 bits per heavy atom. The third-order valence-corrected chi connectivity index (χ3v) is 5.89. The van der Waals surface area contributed by atoms with Crippen molar-refractivity contribution < 1.29 is 19.1 Å². The van der Waals surface area contributed by atoms with Gasteiger partial charge in [0.25, 0.3) is 0 Å². The highest BCUT2D eigenvalue weighted by atomic mass is 79.9.